The van der Waals surface area contributed by atoms with Crippen molar-refractivity contribution in [3.63, 3.8) is 0 Å². The van der Waals surface area contributed by atoms with E-state index < -0.39 is 0 Å². The molecule has 1 unspecified atom stereocenters. The van der Waals surface area contributed by atoms with Crippen LogP contribution < -0.4 is 9.64 Å². The van der Waals surface area contributed by atoms with E-state index in [2.05, 4.69) is 17.1 Å². The van der Waals surface area contributed by atoms with Crippen LogP contribution >= 0.6 is 0 Å². The van der Waals surface area contributed by atoms with E-state index >= 15 is 0 Å². The Hall–Kier alpha value is -3.09. The number of benzene rings is 1. The highest BCUT2D eigenvalue weighted by molar-refractivity contribution is 5.94. The zero-order chi connectivity index (χ0) is 21.2. The summed E-state index contributed by atoms with van der Waals surface area (Å²) in [7, 11) is 0. The van der Waals surface area contributed by atoms with E-state index in [1.165, 1.54) is 0 Å². The number of hydrogen-bond donors (Lipinski definition) is 0. The minimum absolute atomic E-state index is 0.0811. The lowest BCUT2D eigenvalue weighted by Crippen LogP contribution is -2.33. The van der Waals surface area contributed by atoms with Crippen LogP contribution in [0.25, 0.3) is 0 Å². The van der Waals surface area contributed by atoms with Crippen molar-refractivity contribution in [3.05, 3.63) is 54.4 Å². The van der Waals surface area contributed by atoms with Crippen LogP contribution in [-0.2, 0) is 4.84 Å². The summed E-state index contributed by atoms with van der Waals surface area (Å²) in [5, 5.41) is 3.86. The number of anilines is 1. The summed E-state index contributed by atoms with van der Waals surface area (Å²) < 4.78 is 5.85. The Morgan fingerprint density at radius 3 is 2.63 bits per heavy atom. The average molecular weight is 411 g/mol. The van der Waals surface area contributed by atoms with Crippen molar-refractivity contribution in [2.24, 2.45) is 11.1 Å². The molecular weight excluding hydrogens is 380 g/mol. The second kappa shape index (κ2) is 11.2. The van der Waals surface area contributed by atoms with Gasteiger partial charge in [-0.05, 0) is 67.6 Å². The van der Waals surface area contributed by atoms with Gasteiger partial charge in [0.15, 0.2) is 0 Å². The van der Waals surface area contributed by atoms with E-state index in [-0.39, 0.29) is 6.03 Å². The fraction of sp³-hybridized carbons (Fsp3) is 0.435. The van der Waals surface area contributed by atoms with Crippen molar-refractivity contribution in [2.45, 2.75) is 26.7 Å². The number of carbonyl (C=O) groups is 1. The van der Waals surface area contributed by atoms with Gasteiger partial charge in [0, 0.05) is 37.7 Å². The first kappa shape index (κ1) is 21.6. The third-order valence-corrected chi connectivity index (χ3v) is 5.13. The zero-order valence-electron chi connectivity index (χ0n) is 17.7. The summed E-state index contributed by atoms with van der Waals surface area (Å²) in [5.74, 6) is 1.32. The Balaban J connectivity index is 1.35. The standard InChI is InChI=1S/C23H30N4O3/c1-3-30-25-18-20-4-6-22(7-5-20)29-17-11-19(2)10-14-26-15-16-27(23(26)28)21-8-12-24-13-9-21/h4-9,12-13,18-19H,3,10-11,14-17H2,1-2H3/b25-18+. The number of pyridine rings is 1. The third-order valence-electron chi connectivity index (χ3n) is 5.13. The number of hydrogen-bond acceptors (Lipinski definition) is 5. The first-order valence-electron chi connectivity index (χ1n) is 10.5. The molecule has 1 saturated heterocycles. The minimum Gasteiger partial charge on any atom is -0.494 e. The van der Waals surface area contributed by atoms with E-state index in [0.29, 0.717) is 19.1 Å². The maximum absolute atomic E-state index is 12.6. The molecule has 160 valence electrons. The Bertz CT molecular complexity index is 811. The molecule has 1 fully saturated rings. The normalized spacial score (nSPS) is 15.1. The van der Waals surface area contributed by atoms with Crippen LogP contribution in [0.3, 0.4) is 0 Å². The Morgan fingerprint density at radius 1 is 1.13 bits per heavy atom. The van der Waals surface area contributed by atoms with Crippen LogP contribution in [0.2, 0.25) is 0 Å². The SMILES string of the molecule is CCO/N=C/c1ccc(OCCC(C)CCN2CCN(c3ccncc3)C2=O)cc1. The van der Waals surface area contributed by atoms with Gasteiger partial charge in [-0.25, -0.2) is 4.79 Å². The van der Waals surface area contributed by atoms with Crippen LogP contribution in [0, 0.1) is 5.92 Å². The number of carbonyl (C=O) groups excluding carboxylic acids is 1. The van der Waals surface area contributed by atoms with E-state index in [0.717, 1.165) is 49.5 Å². The van der Waals surface area contributed by atoms with E-state index in [4.69, 9.17) is 9.57 Å². The van der Waals surface area contributed by atoms with Crippen LogP contribution in [0.4, 0.5) is 10.5 Å². The zero-order valence-corrected chi connectivity index (χ0v) is 17.7. The molecule has 2 heterocycles. The minimum atomic E-state index is 0.0811. The van der Waals surface area contributed by atoms with Crippen molar-refractivity contribution in [3.8, 4) is 5.75 Å². The summed E-state index contributed by atoms with van der Waals surface area (Å²) >= 11 is 0. The van der Waals surface area contributed by atoms with Gasteiger partial charge in [-0.2, -0.15) is 0 Å². The van der Waals surface area contributed by atoms with Crippen molar-refractivity contribution >= 4 is 17.9 Å². The second-order valence-corrected chi connectivity index (χ2v) is 7.38. The molecule has 0 spiro atoms. The van der Waals surface area contributed by atoms with Gasteiger partial charge in [-0.1, -0.05) is 12.1 Å². The van der Waals surface area contributed by atoms with Crippen molar-refractivity contribution in [2.75, 3.05) is 37.7 Å². The quantitative estimate of drug-likeness (QED) is 0.411. The van der Waals surface area contributed by atoms with Crippen molar-refractivity contribution in [1.29, 1.82) is 0 Å². The van der Waals surface area contributed by atoms with E-state index in [1.807, 2.05) is 53.1 Å². The van der Waals surface area contributed by atoms with E-state index in [9.17, 15) is 4.79 Å². The molecule has 0 saturated carbocycles. The van der Waals surface area contributed by atoms with Crippen molar-refractivity contribution in [1.82, 2.24) is 9.88 Å². The molecule has 30 heavy (non-hydrogen) atoms. The first-order valence-corrected chi connectivity index (χ1v) is 10.5. The molecule has 0 radical (unpaired) electrons. The maximum atomic E-state index is 12.6. The lowest BCUT2D eigenvalue weighted by atomic mass is 10.0. The van der Waals surface area contributed by atoms with Crippen LogP contribution in [0.1, 0.15) is 32.3 Å². The molecule has 0 N–H and O–H groups in total. The number of oxime groups is 1. The number of urea groups is 1. The highest BCUT2D eigenvalue weighted by Crippen LogP contribution is 2.20. The highest BCUT2D eigenvalue weighted by Gasteiger charge is 2.29. The van der Waals surface area contributed by atoms with Crippen LogP contribution in [0.15, 0.2) is 53.9 Å². The smallest absolute Gasteiger partial charge is 0.324 e. The Kier molecular flexibility index (Phi) is 8.06. The van der Waals surface area contributed by atoms with E-state index in [1.54, 1.807) is 18.6 Å². The Labute approximate surface area is 178 Å². The van der Waals surface area contributed by atoms with Crippen LogP contribution in [0.5, 0.6) is 5.75 Å². The largest absolute Gasteiger partial charge is 0.494 e. The number of nitrogens with zero attached hydrogens (tertiary/aromatic N) is 4. The Morgan fingerprint density at radius 2 is 1.90 bits per heavy atom. The van der Waals surface area contributed by atoms with Gasteiger partial charge in [-0.3, -0.25) is 9.88 Å². The number of aromatic nitrogens is 1. The molecule has 2 amide bonds. The van der Waals surface area contributed by atoms with Gasteiger partial charge in [0.2, 0.25) is 0 Å². The molecule has 1 aromatic carbocycles. The molecule has 2 aromatic rings. The highest BCUT2D eigenvalue weighted by atomic mass is 16.6. The number of amides is 2. The summed E-state index contributed by atoms with van der Waals surface area (Å²) in [6.07, 6.45) is 7.03. The fourth-order valence-electron chi connectivity index (χ4n) is 3.27. The lowest BCUT2D eigenvalue weighted by Gasteiger charge is -2.20. The van der Waals surface area contributed by atoms with Gasteiger partial charge in [-0.15, -0.1) is 0 Å². The topological polar surface area (TPSA) is 67.3 Å². The third kappa shape index (κ3) is 6.20. The molecule has 1 aliphatic heterocycles. The van der Waals surface area contributed by atoms with Gasteiger partial charge in [0.1, 0.15) is 12.4 Å². The first-order chi connectivity index (χ1) is 14.7. The molecule has 1 aromatic heterocycles. The van der Waals surface area contributed by atoms with Gasteiger partial charge in [0.25, 0.3) is 0 Å². The lowest BCUT2D eigenvalue weighted by molar-refractivity contribution is 0.160. The molecule has 3 rings (SSSR count). The summed E-state index contributed by atoms with van der Waals surface area (Å²) in [5.41, 5.74) is 1.88. The molecular formula is C23H30N4O3. The number of rotatable bonds is 11. The molecule has 0 aliphatic carbocycles. The summed E-state index contributed by atoms with van der Waals surface area (Å²) in [6, 6.07) is 11.6. The maximum Gasteiger partial charge on any atom is 0.324 e. The molecule has 1 aliphatic rings. The predicted molar refractivity (Wildman–Crippen MR) is 118 cm³/mol. The number of ether oxygens (including phenoxy) is 1. The summed E-state index contributed by atoms with van der Waals surface area (Å²) in [4.78, 5) is 25.3. The molecule has 7 heteroatoms. The average Bonchev–Trinajstić information content (AvgIpc) is 3.14. The second-order valence-electron chi connectivity index (χ2n) is 7.38. The van der Waals surface area contributed by atoms with Crippen molar-refractivity contribution < 1.29 is 14.4 Å². The monoisotopic (exact) mass is 410 g/mol. The predicted octanol–water partition coefficient (Wildman–Crippen LogP) is 4.19. The molecule has 7 nitrogen and oxygen atoms in total. The van der Waals surface area contributed by atoms with Gasteiger partial charge >= 0.3 is 6.03 Å². The van der Waals surface area contributed by atoms with Crippen LogP contribution in [-0.4, -0.2) is 55.0 Å². The van der Waals surface area contributed by atoms with Gasteiger partial charge in [0.05, 0.1) is 12.8 Å². The fourth-order valence-corrected chi connectivity index (χ4v) is 3.27. The molecule has 1 atom stereocenters. The van der Waals surface area contributed by atoms with Gasteiger partial charge < -0.3 is 14.5 Å². The molecule has 0 bridgehead atoms. The summed E-state index contributed by atoms with van der Waals surface area (Å²) in [6.45, 7) is 7.59.